The summed E-state index contributed by atoms with van der Waals surface area (Å²) in [5.41, 5.74) is 2.73. The number of hydrogen-bond acceptors (Lipinski definition) is 5. The minimum absolute atomic E-state index is 0.110. The van der Waals surface area contributed by atoms with Crippen molar-refractivity contribution in [3.8, 4) is 11.3 Å². The Kier molecular flexibility index (Phi) is 3.04. The molecule has 1 amide bonds. The van der Waals surface area contributed by atoms with Gasteiger partial charge in [-0.25, -0.2) is 4.98 Å². The molecular formula is C14H11N3O3. The molecule has 0 saturated carbocycles. The zero-order valence-corrected chi connectivity index (χ0v) is 10.7. The van der Waals surface area contributed by atoms with Gasteiger partial charge in [-0.05, 0) is 6.92 Å². The van der Waals surface area contributed by atoms with Crippen molar-refractivity contribution in [1.29, 1.82) is 0 Å². The first kappa shape index (κ1) is 12.2. The summed E-state index contributed by atoms with van der Waals surface area (Å²) in [4.78, 5) is 15.4. The zero-order valence-electron chi connectivity index (χ0n) is 10.7. The number of carbonyl (C=O) groups is 1. The molecule has 6 heteroatoms. The molecule has 0 radical (unpaired) electrons. The molecule has 3 rings (SSSR count). The highest BCUT2D eigenvalue weighted by Gasteiger charge is 2.13. The highest BCUT2D eigenvalue weighted by atomic mass is 16.5. The molecule has 20 heavy (non-hydrogen) atoms. The van der Waals surface area contributed by atoms with E-state index in [1.807, 2.05) is 31.2 Å². The SMILES string of the molecule is Cc1ccc(-c2cc(NC(=O)c3cnco3)on2)cc1. The maximum Gasteiger partial charge on any atom is 0.295 e. The summed E-state index contributed by atoms with van der Waals surface area (Å²) in [6.07, 6.45) is 2.51. The second-order valence-corrected chi connectivity index (χ2v) is 4.26. The van der Waals surface area contributed by atoms with Crippen LogP contribution in [0.5, 0.6) is 0 Å². The van der Waals surface area contributed by atoms with Gasteiger partial charge in [-0.2, -0.15) is 0 Å². The largest absolute Gasteiger partial charge is 0.438 e. The smallest absolute Gasteiger partial charge is 0.295 e. The first-order valence-corrected chi connectivity index (χ1v) is 5.96. The van der Waals surface area contributed by atoms with Gasteiger partial charge in [0.1, 0.15) is 5.69 Å². The number of anilines is 1. The van der Waals surface area contributed by atoms with Crippen molar-refractivity contribution >= 4 is 11.8 Å². The summed E-state index contributed by atoms with van der Waals surface area (Å²) < 4.78 is 9.96. The van der Waals surface area contributed by atoms with Gasteiger partial charge in [-0.1, -0.05) is 35.0 Å². The molecular weight excluding hydrogens is 258 g/mol. The predicted molar refractivity (Wildman–Crippen MR) is 71.1 cm³/mol. The summed E-state index contributed by atoms with van der Waals surface area (Å²) in [5.74, 6) is -0.0747. The van der Waals surface area contributed by atoms with Crippen LogP contribution < -0.4 is 5.32 Å². The summed E-state index contributed by atoms with van der Waals surface area (Å²) in [6, 6.07) is 9.50. The lowest BCUT2D eigenvalue weighted by Crippen LogP contribution is -2.09. The molecule has 0 aliphatic heterocycles. The molecule has 0 bridgehead atoms. The van der Waals surface area contributed by atoms with Crippen LogP contribution in [0.4, 0.5) is 5.88 Å². The second kappa shape index (κ2) is 5.00. The first-order chi connectivity index (χ1) is 9.72. The summed E-state index contributed by atoms with van der Waals surface area (Å²) in [7, 11) is 0. The molecule has 2 aromatic heterocycles. The van der Waals surface area contributed by atoms with E-state index in [4.69, 9.17) is 8.94 Å². The molecule has 6 nitrogen and oxygen atoms in total. The van der Waals surface area contributed by atoms with Crippen LogP contribution in [0, 0.1) is 6.92 Å². The predicted octanol–water partition coefficient (Wildman–Crippen LogP) is 2.89. The van der Waals surface area contributed by atoms with E-state index in [0.29, 0.717) is 5.69 Å². The Balaban J connectivity index is 1.77. The molecule has 0 aliphatic carbocycles. The van der Waals surface area contributed by atoms with Crippen molar-refractivity contribution in [1.82, 2.24) is 10.1 Å². The van der Waals surface area contributed by atoms with Gasteiger partial charge in [0.25, 0.3) is 5.91 Å². The molecule has 0 saturated heterocycles. The van der Waals surface area contributed by atoms with Crippen molar-refractivity contribution in [2.45, 2.75) is 6.92 Å². The van der Waals surface area contributed by atoms with Gasteiger partial charge in [-0.3, -0.25) is 10.1 Å². The maximum atomic E-state index is 11.7. The third kappa shape index (κ3) is 2.44. The van der Waals surface area contributed by atoms with E-state index in [0.717, 1.165) is 11.1 Å². The highest BCUT2D eigenvalue weighted by Crippen LogP contribution is 2.22. The fraction of sp³-hybridized carbons (Fsp3) is 0.0714. The fourth-order valence-electron chi connectivity index (χ4n) is 1.70. The number of nitrogens with zero attached hydrogens (tertiary/aromatic N) is 2. The Hall–Kier alpha value is -2.89. The van der Waals surface area contributed by atoms with Crippen LogP contribution in [0.1, 0.15) is 16.1 Å². The quantitative estimate of drug-likeness (QED) is 0.790. The summed E-state index contributed by atoms with van der Waals surface area (Å²) in [6.45, 7) is 2.01. The monoisotopic (exact) mass is 269 g/mol. The molecule has 2 heterocycles. The van der Waals surface area contributed by atoms with E-state index in [-0.39, 0.29) is 11.6 Å². The van der Waals surface area contributed by atoms with Gasteiger partial charge in [0.2, 0.25) is 11.6 Å². The number of aryl methyl sites for hydroxylation is 1. The van der Waals surface area contributed by atoms with Crippen LogP contribution in [-0.2, 0) is 0 Å². The van der Waals surface area contributed by atoms with Crippen LogP contribution >= 0.6 is 0 Å². The topological polar surface area (TPSA) is 81.2 Å². The van der Waals surface area contributed by atoms with Crippen molar-refractivity contribution in [2.24, 2.45) is 0 Å². The average molecular weight is 269 g/mol. The van der Waals surface area contributed by atoms with Gasteiger partial charge in [0.15, 0.2) is 6.39 Å². The number of hydrogen-bond donors (Lipinski definition) is 1. The van der Waals surface area contributed by atoms with E-state index in [2.05, 4.69) is 15.5 Å². The lowest BCUT2D eigenvalue weighted by atomic mass is 10.1. The third-order valence-corrected chi connectivity index (χ3v) is 2.75. The molecule has 1 N–H and O–H groups in total. The van der Waals surface area contributed by atoms with Gasteiger partial charge in [0.05, 0.1) is 6.20 Å². The minimum Gasteiger partial charge on any atom is -0.438 e. The molecule has 0 aliphatic rings. The van der Waals surface area contributed by atoms with Gasteiger partial charge in [-0.15, -0.1) is 0 Å². The molecule has 3 aromatic rings. The zero-order chi connectivity index (χ0) is 13.9. The van der Waals surface area contributed by atoms with Crippen LogP contribution in [0.15, 0.2) is 51.9 Å². The summed E-state index contributed by atoms with van der Waals surface area (Å²) in [5, 5.41) is 6.46. The number of benzene rings is 1. The van der Waals surface area contributed by atoms with E-state index in [1.165, 1.54) is 12.6 Å². The normalized spacial score (nSPS) is 10.4. The van der Waals surface area contributed by atoms with Crippen molar-refractivity contribution in [3.63, 3.8) is 0 Å². The Bertz CT molecular complexity index is 714. The number of nitrogens with one attached hydrogen (secondary N) is 1. The Morgan fingerprint density at radius 1 is 1.25 bits per heavy atom. The van der Waals surface area contributed by atoms with E-state index in [9.17, 15) is 4.79 Å². The van der Waals surface area contributed by atoms with E-state index >= 15 is 0 Å². The minimum atomic E-state index is -0.436. The lowest BCUT2D eigenvalue weighted by molar-refractivity contribution is 0.0993. The average Bonchev–Trinajstić information content (AvgIpc) is 3.10. The highest BCUT2D eigenvalue weighted by molar-refractivity contribution is 6.01. The molecule has 100 valence electrons. The third-order valence-electron chi connectivity index (χ3n) is 2.75. The van der Waals surface area contributed by atoms with E-state index < -0.39 is 5.91 Å². The maximum absolute atomic E-state index is 11.7. The number of aromatic nitrogens is 2. The van der Waals surface area contributed by atoms with Crippen molar-refractivity contribution < 1.29 is 13.7 Å². The Labute approximate surface area is 114 Å². The molecule has 0 fully saturated rings. The number of rotatable bonds is 3. The second-order valence-electron chi connectivity index (χ2n) is 4.26. The van der Waals surface area contributed by atoms with Crippen molar-refractivity contribution in [2.75, 3.05) is 5.32 Å². The first-order valence-electron chi connectivity index (χ1n) is 5.96. The standard InChI is InChI=1S/C14H11N3O3/c1-9-2-4-10(5-3-9)11-6-13(20-17-11)16-14(18)12-7-15-8-19-12/h2-8H,1H3,(H,16,18). The molecule has 0 atom stereocenters. The van der Waals surface area contributed by atoms with E-state index in [1.54, 1.807) is 6.07 Å². The number of amides is 1. The number of oxazole rings is 1. The van der Waals surface area contributed by atoms with Crippen LogP contribution in [-0.4, -0.2) is 16.0 Å². The van der Waals surface area contributed by atoms with Crippen LogP contribution in [0.25, 0.3) is 11.3 Å². The van der Waals surface area contributed by atoms with Crippen molar-refractivity contribution in [3.05, 3.63) is 54.2 Å². The fourth-order valence-corrected chi connectivity index (χ4v) is 1.70. The van der Waals surface area contributed by atoms with Gasteiger partial charge >= 0.3 is 0 Å². The summed E-state index contributed by atoms with van der Waals surface area (Å²) >= 11 is 0. The van der Waals surface area contributed by atoms with Crippen LogP contribution in [0.2, 0.25) is 0 Å². The molecule has 1 aromatic carbocycles. The lowest BCUT2D eigenvalue weighted by Gasteiger charge is -1.96. The van der Waals surface area contributed by atoms with Crippen LogP contribution in [0.3, 0.4) is 0 Å². The van der Waals surface area contributed by atoms with Gasteiger partial charge < -0.3 is 8.94 Å². The van der Waals surface area contributed by atoms with Gasteiger partial charge in [0, 0.05) is 11.6 Å². The molecule has 0 unspecified atom stereocenters. The molecule has 0 spiro atoms. The Morgan fingerprint density at radius 3 is 2.75 bits per heavy atom. The number of carbonyl (C=O) groups excluding carboxylic acids is 1. The Morgan fingerprint density at radius 2 is 2.05 bits per heavy atom.